The van der Waals surface area contributed by atoms with Crippen molar-refractivity contribution >= 4 is 11.8 Å². The zero-order valence-corrected chi connectivity index (χ0v) is 13.1. The van der Waals surface area contributed by atoms with Gasteiger partial charge in [0.2, 0.25) is 0 Å². The number of aliphatic hydroxyl groups excluding tert-OH is 2. The van der Waals surface area contributed by atoms with Gasteiger partial charge in [0.15, 0.2) is 0 Å². The largest absolute Gasteiger partial charge is 0.463 e. The molecule has 1 fully saturated rings. The van der Waals surface area contributed by atoms with Gasteiger partial charge in [-0.25, -0.2) is 4.79 Å². The summed E-state index contributed by atoms with van der Waals surface area (Å²) in [6, 6.07) is 2.93. The summed E-state index contributed by atoms with van der Waals surface area (Å²) >= 11 is 0. The summed E-state index contributed by atoms with van der Waals surface area (Å²) in [6.45, 7) is 2.88. The Hall–Kier alpha value is -2.48. The Kier molecular flexibility index (Phi) is 4.88. The fourth-order valence-electron chi connectivity index (χ4n) is 2.28. The van der Waals surface area contributed by atoms with Crippen molar-refractivity contribution in [1.82, 2.24) is 9.55 Å². The fraction of sp³-hybridized carbons (Fsp3) is 0.571. The molecule has 24 heavy (non-hydrogen) atoms. The van der Waals surface area contributed by atoms with Crippen molar-refractivity contribution in [3.8, 4) is 6.07 Å². The predicted octanol–water partition coefficient (Wildman–Crippen LogP) is -1.68. The van der Waals surface area contributed by atoms with Gasteiger partial charge in [-0.3, -0.25) is 9.36 Å². The van der Waals surface area contributed by atoms with Crippen LogP contribution in [0.25, 0.3) is 0 Å². The SMILES string of the molecule is CC(C)C(=O)OC[C@H]1O[C@@](C#N)(n2ccc(N)nc2=O)C(O)[C@H]1O. The lowest BCUT2D eigenvalue weighted by atomic mass is 10.0. The number of nitriles is 1. The summed E-state index contributed by atoms with van der Waals surface area (Å²) in [5.74, 6) is -0.987. The molecule has 0 saturated carbocycles. The standard InChI is InChI=1S/C14H18N4O6/c1-7(2)12(21)23-5-8-10(19)11(20)14(6-15,24-8)18-4-3-9(16)17-13(18)22/h3-4,7-8,10-11,19-20H,5H2,1-2H3,(H2,16,17,22)/t8-,10+,11?,14-/m1/s1. The van der Waals surface area contributed by atoms with Gasteiger partial charge in [-0.2, -0.15) is 10.2 Å². The lowest BCUT2D eigenvalue weighted by Gasteiger charge is -2.26. The lowest BCUT2D eigenvalue weighted by molar-refractivity contribution is -0.157. The van der Waals surface area contributed by atoms with Crippen LogP contribution in [0, 0.1) is 17.2 Å². The second kappa shape index (κ2) is 6.56. The van der Waals surface area contributed by atoms with Gasteiger partial charge in [-0.05, 0) is 6.07 Å². The van der Waals surface area contributed by atoms with Crippen LogP contribution in [0.15, 0.2) is 17.1 Å². The summed E-state index contributed by atoms with van der Waals surface area (Å²) in [7, 11) is 0. The van der Waals surface area contributed by atoms with E-state index in [9.17, 15) is 25.1 Å². The quantitative estimate of drug-likeness (QED) is 0.544. The van der Waals surface area contributed by atoms with Crippen molar-refractivity contribution in [2.75, 3.05) is 12.3 Å². The number of hydrogen-bond donors (Lipinski definition) is 3. The van der Waals surface area contributed by atoms with E-state index in [1.807, 2.05) is 0 Å². The fourth-order valence-corrected chi connectivity index (χ4v) is 2.28. The van der Waals surface area contributed by atoms with Gasteiger partial charge >= 0.3 is 11.7 Å². The van der Waals surface area contributed by atoms with Gasteiger partial charge in [-0.1, -0.05) is 13.8 Å². The Morgan fingerprint density at radius 2 is 2.29 bits per heavy atom. The van der Waals surface area contributed by atoms with E-state index in [1.54, 1.807) is 19.9 Å². The van der Waals surface area contributed by atoms with Crippen LogP contribution in [0.1, 0.15) is 13.8 Å². The Morgan fingerprint density at radius 1 is 1.62 bits per heavy atom. The van der Waals surface area contributed by atoms with E-state index in [4.69, 9.17) is 15.2 Å². The van der Waals surface area contributed by atoms with E-state index in [0.717, 1.165) is 10.8 Å². The van der Waals surface area contributed by atoms with Crippen molar-refractivity contribution in [2.24, 2.45) is 5.92 Å². The maximum atomic E-state index is 12.0. The number of aromatic nitrogens is 2. The molecule has 1 aromatic heterocycles. The second-order valence-corrected chi connectivity index (χ2v) is 5.69. The van der Waals surface area contributed by atoms with Gasteiger partial charge in [0.25, 0.3) is 5.72 Å². The molecule has 10 nitrogen and oxygen atoms in total. The first-order chi connectivity index (χ1) is 11.2. The molecule has 0 bridgehead atoms. The number of nitrogen functional groups attached to an aromatic ring is 1. The van der Waals surface area contributed by atoms with E-state index in [0.29, 0.717) is 0 Å². The first-order valence-electron chi connectivity index (χ1n) is 7.20. The highest BCUT2D eigenvalue weighted by atomic mass is 16.6. The maximum Gasteiger partial charge on any atom is 0.352 e. The second-order valence-electron chi connectivity index (χ2n) is 5.69. The van der Waals surface area contributed by atoms with Crippen LogP contribution in [-0.2, 0) is 20.0 Å². The van der Waals surface area contributed by atoms with E-state index < -0.39 is 41.6 Å². The number of carbonyl (C=O) groups excluding carboxylic acids is 1. The number of ether oxygens (including phenoxy) is 2. The van der Waals surface area contributed by atoms with E-state index in [-0.39, 0.29) is 12.4 Å². The van der Waals surface area contributed by atoms with Crippen LogP contribution in [-0.4, -0.2) is 50.7 Å². The summed E-state index contributed by atoms with van der Waals surface area (Å²) in [4.78, 5) is 27.0. The highest BCUT2D eigenvalue weighted by Crippen LogP contribution is 2.34. The minimum Gasteiger partial charge on any atom is -0.463 e. The number of rotatable bonds is 4. The minimum atomic E-state index is -2.20. The topological polar surface area (TPSA) is 161 Å². The molecule has 4 atom stereocenters. The number of esters is 1. The number of nitrogens with two attached hydrogens (primary N) is 1. The summed E-state index contributed by atoms with van der Waals surface area (Å²) in [5.41, 5.74) is 2.26. The van der Waals surface area contributed by atoms with Gasteiger partial charge in [-0.15, -0.1) is 0 Å². The summed E-state index contributed by atoms with van der Waals surface area (Å²) in [6.07, 6.45) is -3.36. The molecule has 1 saturated heterocycles. The first-order valence-corrected chi connectivity index (χ1v) is 7.20. The zero-order valence-electron chi connectivity index (χ0n) is 13.1. The van der Waals surface area contributed by atoms with Crippen LogP contribution in [0.2, 0.25) is 0 Å². The minimum absolute atomic E-state index is 0.0696. The lowest BCUT2D eigenvalue weighted by Crippen LogP contribution is -2.49. The van der Waals surface area contributed by atoms with E-state index in [2.05, 4.69) is 4.98 Å². The van der Waals surface area contributed by atoms with Crippen LogP contribution in [0.5, 0.6) is 0 Å². The van der Waals surface area contributed by atoms with Crippen molar-refractivity contribution < 1.29 is 24.5 Å². The Bertz CT molecular complexity index is 727. The Morgan fingerprint density at radius 3 is 2.83 bits per heavy atom. The van der Waals surface area contributed by atoms with Gasteiger partial charge < -0.3 is 25.4 Å². The van der Waals surface area contributed by atoms with Crippen molar-refractivity contribution in [3.05, 3.63) is 22.7 Å². The van der Waals surface area contributed by atoms with Crippen molar-refractivity contribution in [3.63, 3.8) is 0 Å². The third-order valence-electron chi connectivity index (χ3n) is 3.64. The molecule has 130 valence electrons. The van der Waals surface area contributed by atoms with Crippen LogP contribution in [0.3, 0.4) is 0 Å². The molecule has 4 N–H and O–H groups in total. The molecule has 0 aromatic carbocycles. The molecule has 0 amide bonds. The molecule has 1 aliphatic rings. The first kappa shape index (κ1) is 17.9. The normalized spacial score (nSPS) is 29.4. The number of hydrogen-bond acceptors (Lipinski definition) is 9. The number of nitrogens with zero attached hydrogens (tertiary/aromatic N) is 3. The molecule has 2 heterocycles. The molecular formula is C14H18N4O6. The van der Waals surface area contributed by atoms with Crippen LogP contribution >= 0.6 is 0 Å². The van der Waals surface area contributed by atoms with Crippen molar-refractivity contribution in [1.29, 1.82) is 5.26 Å². The Labute approximate surface area is 137 Å². The number of aliphatic hydroxyl groups is 2. The molecule has 10 heteroatoms. The highest BCUT2D eigenvalue weighted by molar-refractivity contribution is 5.71. The van der Waals surface area contributed by atoms with Gasteiger partial charge in [0.1, 0.15) is 36.8 Å². The summed E-state index contributed by atoms with van der Waals surface area (Å²) in [5, 5.41) is 29.8. The van der Waals surface area contributed by atoms with E-state index >= 15 is 0 Å². The molecular weight excluding hydrogens is 320 g/mol. The highest BCUT2D eigenvalue weighted by Gasteiger charge is 2.57. The molecule has 1 unspecified atom stereocenters. The number of carbonyl (C=O) groups is 1. The van der Waals surface area contributed by atoms with Crippen LogP contribution in [0.4, 0.5) is 5.82 Å². The Balaban J connectivity index is 2.30. The van der Waals surface area contributed by atoms with E-state index in [1.165, 1.54) is 6.07 Å². The molecule has 0 aliphatic carbocycles. The maximum absolute atomic E-state index is 12.0. The average molecular weight is 338 g/mol. The molecule has 1 aliphatic heterocycles. The van der Waals surface area contributed by atoms with Gasteiger partial charge in [0.05, 0.1) is 5.92 Å². The molecule has 0 radical (unpaired) electrons. The van der Waals surface area contributed by atoms with Crippen LogP contribution < -0.4 is 11.4 Å². The predicted molar refractivity (Wildman–Crippen MR) is 79.2 cm³/mol. The smallest absolute Gasteiger partial charge is 0.352 e. The molecule has 0 spiro atoms. The third kappa shape index (κ3) is 2.96. The molecule has 2 rings (SSSR count). The molecule has 1 aromatic rings. The zero-order chi connectivity index (χ0) is 18.1. The average Bonchev–Trinajstić information content (AvgIpc) is 2.77. The van der Waals surface area contributed by atoms with Gasteiger partial charge in [0, 0.05) is 6.20 Å². The van der Waals surface area contributed by atoms with Crippen molar-refractivity contribution in [2.45, 2.75) is 37.9 Å². The third-order valence-corrected chi connectivity index (χ3v) is 3.64. The summed E-state index contributed by atoms with van der Waals surface area (Å²) < 4.78 is 11.1. The number of anilines is 1. The monoisotopic (exact) mass is 338 g/mol.